The number of hydrogen-bond acceptors (Lipinski definition) is 7. The first-order chi connectivity index (χ1) is 11.9. The van der Waals surface area contributed by atoms with Crippen LogP contribution in [0.25, 0.3) is 11.5 Å². The van der Waals surface area contributed by atoms with Crippen molar-refractivity contribution in [1.82, 2.24) is 9.97 Å². The third kappa shape index (κ3) is 3.29. The molecule has 25 heavy (non-hydrogen) atoms. The first-order valence-electron chi connectivity index (χ1n) is 7.37. The molecule has 4 rings (SSSR count). The van der Waals surface area contributed by atoms with E-state index in [2.05, 4.69) is 9.97 Å². The molecule has 132 valence electrons. The van der Waals surface area contributed by atoms with Gasteiger partial charge in [0.25, 0.3) is 0 Å². The molecule has 4 heterocycles. The Hall–Kier alpha value is -1.91. The molecule has 2 aromatic rings. The van der Waals surface area contributed by atoms with Crippen molar-refractivity contribution in [3.05, 3.63) is 30.2 Å². The number of halogens is 3. The molecule has 3 atom stereocenters. The van der Waals surface area contributed by atoms with Crippen molar-refractivity contribution < 1.29 is 31.9 Å². The van der Waals surface area contributed by atoms with Crippen LogP contribution in [0, 0.1) is 0 Å². The van der Waals surface area contributed by atoms with Crippen LogP contribution in [0.3, 0.4) is 0 Å². The molecule has 0 unspecified atom stereocenters. The normalized spacial score (nSPS) is 26.2. The van der Waals surface area contributed by atoms with E-state index in [1.807, 2.05) is 0 Å². The minimum absolute atomic E-state index is 0.0263. The van der Waals surface area contributed by atoms with Crippen molar-refractivity contribution in [3.8, 4) is 11.5 Å². The fraction of sp³-hybridized carbons (Fsp3) is 0.400. The summed E-state index contributed by atoms with van der Waals surface area (Å²) < 4.78 is 55.2. The second-order valence-corrected chi connectivity index (χ2v) is 6.77. The smallest absolute Gasteiger partial charge is 0.433 e. The standard InChI is InChI=1S/C15H11F3N2O4S/c16-15(17,18)12-4-7(9-2-1-3-22-9)19-14(20-12)25-11-5-8(21)13-23-6-10(11)24-13/h1-4,10-11,13H,5-6H2/t10-,11+,13-/m1/s1. The van der Waals surface area contributed by atoms with Gasteiger partial charge in [-0.3, -0.25) is 4.79 Å². The van der Waals surface area contributed by atoms with E-state index < -0.39 is 23.4 Å². The Morgan fingerprint density at radius 2 is 2.12 bits per heavy atom. The van der Waals surface area contributed by atoms with Crippen LogP contribution in [-0.2, 0) is 20.4 Å². The Balaban J connectivity index is 1.66. The highest BCUT2D eigenvalue weighted by Crippen LogP contribution is 2.37. The van der Waals surface area contributed by atoms with Gasteiger partial charge in [0.1, 0.15) is 11.4 Å². The number of hydrogen-bond donors (Lipinski definition) is 0. The zero-order valence-electron chi connectivity index (χ0n) is 12.5. The highest BCUT2D eigenvalue weighted by molar-refractivity contribution is 7.99. The molecule has 0 aromatic carbocycles. The van der Waals surface area contributed by atoms with E-state index in [4.69, 9.17) is 13.9 Å². The van der Waals surface area contributed by atoms with Crippen molar-refractivity contribution in [2.24, 2.45) is 0 Å². The fourth-order valence-electron chi connectivity index (χ4n) is 2.64. The molecule has 2 aliphatic heterocycles. The minimum Gasteiger partial charge on any atom is -0.463 e. The van der Waals surface area contributed by atoms with Crippen LogP contribution in [-0.4, -0.2) is 40.0 Å². The Kier molecular flexibility index (Phi) is 4.05. The fourth-order valence-corrected chi connectivity index (χ4v) is 3.75. The van der Waals surface area contributed by atoms with E-state index in [9.17, 15) is 18.0 Å². The molecule has 2 aromatic heterocycles. The molecule has 0 amide bonds. The van der Waals surface area contributed by atoms with Gasteiger partial charge in [0.05, 0.1) is 19.0 Å². The first-order valence-corrected chi connectivity index (χ1v) is 8.25. The molecule has 2 saturated heterocycles. The maximum Gasteiger partial charge on any atom is 0.433 e. The number of ether oxygens (including phenoxy) is 2. The van der Waals surface area contributed by atoms with Gasteiger partial charge < -0.3 is 13.9 Å². The number of rotatable bonds is 3. The van der Waals surface area contributed by atoms with Crippen LogP contribution in [0.15, 0.2) is 34.0 Å². The summed E-state index contributed by atoms with van der Waals surface area (Å²) in [6.45, 7) is 0.220. The molecule has 2 fully saturated rings. The minimum atomic E-state index is -4.62. The number of fused-ring (bicyclic) bond motifs is 2. The number of alkyl halides is 3. The second-order valence-electron chi connectivity index (χ2n) is 5.56. The van der Waals surface area contributed by atoms with Crippen molar-refractivity contribution in [2.75, 3.05) is 6.61 Å². The molecule has 0 N–H and O–H groups in total. The third-order valence-electron chi connectivity index (χ3n) is 3.82. The number of Topliss-reactive ketones (excluding diaryl/α,β-unsaturated/α-hetero) is 1. The van der Waals surface area contributed by atoms with E-state index in [0.717, 1.165) is 17.8 Å². The van der Waals surface area contributed by atoms with Gasteiger partial charge in [0.15, 0.2) is 16.7 Å². The predicted molar refractivity (Wildman–Crippen MR) is 78.6 cm³/mol. The predicted octanol–water partition coefficient (Wildman–Crippen LogP) is 2.93. The third-order valence-corrected chi connectivity index (χ3v) is 4.98. The van der Waals surface area contributed by atoms with Crippen LogP contribution < -0.4 is 0 Å². The molecule has 0 spiro atoms. The first kappa shape index (κ1) is 16.6. The Morgan fingerprint density at radius 1 is 1.28 bits per heavy atom. The quantitative estimate of drug-likeness (QED) is 0.767. The molecular formula is C15H11F3N2O4S. The molecular weight excluding hydrogens is 361 g/mol. The molecule has 10 heteroatoms. The SMILES string of the molecule is O=C1C[C@H](Sc2nc(-c3ccco3)cc(C(F)(F)F)n2)[C@H]2CO[C@@H]1O2. The van der Waals surface area contributed by atoms with Gasteiger partial charge in [-0.15, -0.1) is 0 Å². The van der Waals surface area contributed by atoms with E-state index >= 15 is 0 Å². The van der Waals surface area contributed by atoms with Gasteiger partial charge in [-0.25, -0.2) is 9.97 Å². The van der Waals surface area contributed by atoms with E-state index in [0.29, 0.717) is 0 Å². The maximum absolute atomic E-state index is 13.2. The zero-order chi connectivity index (χ0) is 17.6. The van der Waals surface area contributed by atoms with Crippen LogP contribution in [0.5, 0.6) is 0 Å². The lowest BCUT2D eigenvalue weighted by atomic mass is 10.1. The van der Waals surface area contributed by atoms with Crippen molar-refractivity contribution >= 4 is 17.5 Å². The molecule has 2 aliphatic rings. The van der Waals surface area contributed by atoms with E-state index in [1.54, 1.807) is 6.07 Å². The van der Waals surface area contributed by atoms with Crippen LogP contribution in [0.2, 0.25) is 0 Å². The maximum atomic E-state index is 13.2. The molecule has 0 radical (unpaired) electrons. The van der Waals surface area contributed by atoms with Crippen LogP contribution in [0.1, 0.15) is 12.1 Å². The lowest BCUT2D eigenvalue weighted by molar-refractivity contribution is -0.151. The Bertz CT molecular complexity index is 797. The summed E-state index contributed by atoms with van der Waals surface area (Å²) in [7, 11) is 0. The van der Waals surface area contributed by atoms with Crippen LogP contribution >= 0.6 is 11.8 Å². The number of carbonyl (C=O) groups is 1. The summed E-state index contributed by atoms with van der Waals surface area (Å²) in [5.74, 6) is -0.0283. The number of ketones is 1. The van der Waals surface area contributed by atoms with Crippen LogP contribution in [0.4, 0.5) is 13.2 Å². The van der Waals surface area contributed by atoms with Gasteiger partial charge >= 0.3 is 6.18 Å². The highest BCUT2D eigenvalue weighted by Gasteiger charge is 2.44. The number of furan rings is 1. The molecule has 0 aliphatic carbocycles. The molecule has 0 saturated carbocycles. The Morgan fingerprint density at radius 3 is 2.84 bits per heavy atom. The van der Waals surface area contributed by atoms with Crippen molar-refractivity contribution in [1.29, 1.82) is 0 Å². The largest absolute Gasteiger partial charge is 0.463 e. The number of aromatic nitrogens is 2. The topological polar surface area (TPSA) is 74.5 Å². The monoisotopic (exact) mass is 372 g/mol. The lowest BCUT2D eigenvalue weighted by Gasteiger charge is -2.25. The summed E-state index contributed by atoms with van der Waals surface area (Å²) in [5.41, 5.74) is -1.04. The van der Waals surface area contributed by atoms with Gasteiger partial charge in [-0.05, 0) is 18.2 Å². The lowest BCUT2D eigenvalue weighted by Crippen LogP contribution is -2.37. The average molecular weight is 372 g/mol. The number of nitrogens with zero attached hydrogens (tertiary/aromatic N) is 2. The summed E-state index contributed by atoms with van der Waals surface area (Å²) in [5, 5.41) is -0.493. The highest BCUT2D eigenvalue weighted by atomic mass is 32.2. The van der Waals surface area contributed by atoms with Gasteiger partial charge in [0, 0.05) is 11.7 Å². The van der Waals surface area contributed by atoms with Gasteiger partial charge in [0.2, 0.25) is 6.29 Å². The number of thioether (sulfide) groups is 1. The Labute approximate surface area is 143 Å². The number of carbonyl (C=O) groups excluding carboxylic acids is 1. The summed E-state index contributed by atoms with van der Waals surface area (Å²) in [6.07, 6.45) is -4.38. The van der Waals surface area contributed by atoms with Crippen molar-refractivity contribution in [2.45, 2.75) is 35.4 Å². The summed E-state index contributed by atoms with van der Waals surface area (Å²) >= 11 is 0.980. The van der Waals surface area contributed by atoms with Gasteiger partial charge in [-0.2, -0.15) is 13.2 Å². The van der Waals surface area contributed by atoms with E-state index in [-0.39, 0.29) is 41.5 Å². The zero-order valence-corrected chi connectivity index (χ0v) is 13.3. The van der Waals surface area contributed by atoms with E-state index in [1.165, 1.54) is 12.3 Å². The molecule has 6 nitrogen and oxygen atoms in total. The second kappa shape index (κ2) is 6.11. The summed E-state index contributed by atoms with van der Waals surface area (Å²) in [6, 6.07) is 3.90. The van der Waals surface area contributed by atoms with Crippen molar-refractivity contribution in [3.63, 3.8) is 0 Å². The average Bonchev–Trinajstić information content (AvgIpc) is 3.23. The molecule has 2 bridgehead atoms. The summed E-state index contributed by atoms with van der Waals surface area (Å²) in [4.78, 5) is 19.6. The van der Waals surface area contributed by atoms with Gasteiger partial charge in [-0.1, -0.05) is 11.8 Å².